The number of rotatable bonds is 5. The highest BCUT2D eigenvalue weighted by Crippen LogP contribution is 2.34. The number of aliphatic hydroxyl groups excluding tert-OH is 1. The fraction of sp³-hybridized carbons (Fsp3) is 0.526. The summed E-state index contributed by atoms with van der Waals surface area (Å²) >= 11 is 0. The summed E-state index contributed by atoms with van der Waals surface area (Å²) in [6, 6.07) is 4.24. The predicted molar refractivity (Wildman–Crippen MR) is 99.0 cm³/mol. The molecule has 1 unspecified atom stereocenters. The Morgan fingerprint density at radius 3 is 2.56 bits per heavy atom. The SMILES string of the molecule is CC(=O)c1ccc2c(c1)N(C(C)C(=O)N1CCN(CCO)CC1)C(=O)CO2. The molecule has 1 N–H and O–H groups in total. The van der Waals surface area contributed by atoms with Gasteiger partial charge in [-0.2, -0.15) is 0 Å². The fourth-order valence-corrected chi connectivity index (χ4v) is 3.52. The predicted octanol–water partition coefficient (Wildman–Crippen LogP) is 0.140. The third kappa shape index (κ3) is 3.96. The molecular weight excluding hydrogens is 350 g/mol. The van der Waals surface area contributed by atoms with E-state index in [1.807, 2.05) is 0 Å². The molecule has 8 nitrogen and oxygen atoms in total. The van der Waals surface area contributed by atoms with Crippen molar-refractivity contribution in [1.82, 2.24) is 9.80 Å². The van der Waals surface area contributed by atoms with Crippen molar-refractivity contribution in [2.75, 3.05) is 50.8 Å². The van der Waals surface area contributed by atoms with E-state index in [2.05, 4.69) is 4.90 Å². The minimum absolute atomic E-state index is 0.0991. The number of carbonyl (C=O) groups is 3. The summed E-state index contributed by atoms with van der Waals surface area (Å²) in [4.78, 5) is 42.5. The first-order valence-electron chi connectivity index (χ1n) is 9.14. The highest BCUT2D eigenvalue weighted by Gasteiger charge is 2.36. The van der Waals surface area contributed by atoms with Crippen LogP contribution in [0.3, 0.4) is 0 Å². The van der Waals surface area contributed by atoms with Crippen molar-refractivity contribution >= 4 is 23.3 Å². The average Bonchev–Trinajstić information content (AvgIpc) is 2.67. The van der Waals surface area contributed by atoms with Gasteiger partial charge < -0.3 is 14.7 Å². The molecule has 2 amide bonds. The quantitative estimate of drug-likeness (QED) is 0.737. The normalized spacial score (nSPS) is 18.7. The second-order valence-corrected chi connectivity index (χ2v) is 6.86. The second kappa shape index (κ2) is 8.06. The molecule has 0 radical (unpaired) electrons. The topological polar surface area (TPSA) is 90.4 Å². The van der Waals surface area contributed by atoms with Crippen molar-refractivity contribution in [2.24, 2.45) is 0 Å². The van der Waals surface area contributed by atoms with Gasteiger partial charge in [0, 0.05) is 38.3 Å². The monoisotopic (exact) mass is 375 g/mol. The molecule has 1 aromatic carbocycles. The zero-order valence-corrected chi connectivity index (χ0v) is 15.7. The zero-order valence-electron chi connectivity index (χ0n) is 15.7. The van der Waals surface area contributed by atoms with Crippen LogP contribution in [0, 0.1) is 0 Å². The van der Waals surface area contributed by atoms with E-state index in [9.17, 15) is 14.4 Å². The van der Waals surface area contributed by atoms with Gasteiger partial charge in [0.1, 0.15) is 11.8 Å². The van der Waals surface area contributed by atoms with Crippen LogP contribution in [-0.4, -0.2) is 84.5 Å². The van der Waals surface area contributed by atoms with E-state index in [1.165, 1.54) is 11.8 Å². The Morgan fingerprint density at radius 2 is 1.93 bits per heavy atom. The van der Waals surface area contributed by atoms with E-state index < -0.39 is 6.04 Å². The number of hydrogen-bond acceptors (Lipinski definition) is 6. The van der Waals surface area contributed by atoms with Gasteiger partial charge in [-0.3, -0.25) is 24.2 Å². The molecule has 1 fully saturated rings. The molecule has 8 heteroatoms. The summed E-state index contributed by atoms with van der Waals surface area (Å²) in [6.07, 6.45) is 0. The molecule has 3 rings (SSSR count). The maximum atomic E-state index is 13.0. The molecule has 0 aromatic heterocycles. The van der Waals surface area contributed by atoms with Crippen LogP contribution in [0.4, 0.5) is 5.69 Å². The lowest BCUT2D eigenvalue weighted by Crippen LogP contribution is -2.56. The number of β-amino-alcohol motifs (C(OH)–C–C–N with tert-alkyl or cyclic N) is 1. The van der Waals surface area contributed by atoms with Gasteiger partial charge >= 0.3 is 0 Å². The summed E-state index contributed by atoms with van der Waals surface area (Å²) < 4.78 is 5.46. The van der Waals surface area contributed by atoms with E-state index in [0.29, 0.717) is 49.7 Å². The van der Waals surface area contributed by atoms with Crippen LogP contribution in [0.15, 0.2) is 18.2 Å². The van der Waals surface area contributed by atoms with Crippen molar-refractivity contribution in [3.05, 3.63) is 23.8 Å². The number of aliphatic hydroxyl groups is 1. The number of anilines is 1. The average molecular weight is 375 g/mol. The first-order valence-corrected chi connectivity index (χ1v) is 9.14. The smallest absolute Gasteiger partial charge is 0.265 e. The Kier molecular flexibility index (Phi) is 5.76. The Balaban J connectivity index is 1.79. The fourth-order valence-electron chi connectivity index (χ4n) is 3.52. The van der Waals surface area contributed by atoms with Crippen molar-refractivity contribution in [2.45, 2.75) is 19.9 Å². The molecule has 0 saturated carbocycles. The molecule has 146 valence electrons. The molecule has 0 bridgehead atoms. The molecule has 2 aliphatic heterocycles. The minimum atomic E-state index is -0.688. The van der Waals surface area contributed by atoms with E-state index in [1.54, 1.807) is 30.0 Å². The van der Waals surface area contributed by atoms with Gasteiger partial charge in [0.2, 0.25) is 5.91 Å². The van der Waals surface area contributed by atoms with Crippen LogP contribution in [0.5, 0.6) is 5.75 Å². The Bertz CT molecular complexity index is 743. The number of benzene rings is 1. The summed E-state index contributed by atoms with van der Waals surface area (Å²) in [5.41, 5.74) is 0.924. The number of carbonyl (C=O) groups excluding carboxylic acids is 3. The highest BCUT2D eigenvalue weighted by molar-refractivity contribution is 6.05. The summed E-state index contributed by atoms with van der Waals surface area (Å²) in [5, 5.41) is 9.03. The lowest BCUT2D eigenvalue weighted by atomic mass is 10.1. The number of ether oxygens (including phenoxy) is 1. The lowest BCUT2D eigenvalue weighted by molar-refractivity contribution is -0.136. The maximum absolute atomic E-state index is 13.0. The zero-order chi connectivity index (χ0) is 19.6. The highest BCUT2D eigenvalue weighted by atomic mass is 16.5. The first kappa shape index (κ1) is 19.3. The standard InChI is InChI=1S/C19H25N3O5/c1-13(19(26)21-7-5-20(6-8-21)9-10-23)22-16-11-15(14(2)24)3-4-17(16)27-12-18(22)25/h3-4,11,13,23H,5-10,12H2,1-2H3. The van der Waals surface area contributed by atoms with Gasteiger partial charge in [-0.1, -0.05) is 0 Å². The molecule has 2 heterocycles. The maximum Gasteiger partial charge on any atom is 0.265 e. The molecule has 0 spiro atoms. The third-order valence-corrected chi connectivity index (χ3v) is 5.09. The van der Waals surface area contributed by atoms with Crippen molar-refractivity contribution in [3.8, 4) is 5.75 Å². The van der Waals surface area contributed by atoms with Gasteiger partial charge in [-0.25, -0.2) is 0 Å². The minimum Gasteiger partial charge on any atom is -0.482 e. The van der Waals surface area contributed by atoms with Gasteiger partial charge in [0.15, 0.2) is 12.4 Å². The summed E-state index contributed by atoms with van der Waals surface area (Å²) in [6.45, 7) is 6.23. The van der Waals surface area contributed by atoms with Crippen molar-refractivity contribution in [3.63, 3.8) is 0 Å². The van der Waals surface area contributed by atoms with Crippen LogP contribution < -0.4 is 9.64 Å². The molecule has 2 aliphatic rings. The summed E-state index contributed by atoms with van der Waals surface area (Å²) in [5.74, 6) is -0.0576. The van der Waals surface area contributed by atoms with Crippen LogP contribution in [0.2, 0.25) is 0 Å². The largest absolute Gasteiger partial charge is 0.482 e. The third-order valence-electron chi connectivity index (χ3n) is 5.09. The first-order chi connectivity index (χ1) is 12.9. The number of amides is 2. The van der Waals surface area contributed by atoms with E-state index in [0.717, 1.165) is 0 Å². The van der Waals surface area contributed by atoms with Gasteiger partial charge in [0.25, 0.3) is 5.91 Å². The Hall–Kier alpha value is -2.45. The Morgan fingerprint density at radius 1 is 1.22 bits per heavy atom. The molecule has 27 heavy (non-hydrogen) atoms. The molecular formula is C19H25N3O5. The van der Waals surface area contributed by atoms with Gasteiger partial charge in [-0.15, -0.1) is 0 Å². The molecule has 0 aliphatic carbocycles. The van der Waals surface area contributed by atoms with Crippen LogP contribution in [-0.2, 0) is 9.59 Å². The number of hydrogen-bond donors (Lipinski definition) is 1. The number of piperazine rings is 1. The van der Waals surface area contributed by atoms with Crippen LogP contribution in [0.25, 0.3) is 0 Å². The summed E-state index contributed by atoms with van der Waals surface area (Å²) in [7, 11) is 0. The number of ketones is 1. The lowest BCUT2D eigenvalue weighted by Gasteiger charge is -2.39. The molecule has 1 aromatic rings. The molecule has 1 atom stereocenters. The second-order valence-electron chi connectivity index (χ2n) is 6.86. The van der Waals surface area contributed by atoms with Crippen LogP contribution >= 0.6 is 0 Å². The van der Waals surface area contributed by atoms with Gasteiger partial charge in [-0.05, 0) is 32.0 Å². The van der Waals surface area contributed by atoms with Gasteiger partial charge in [0.05, 0.1) is 12.3 Å². The number of Topliss-reactive ketones (excluding diaryl/α,β-unsaturated/α-hetero) is 1. The van der Waals surface area contributed by atoms with E-state index in [4.69, 9.17) is 9.84 Å². The van der Waals surface area contributed by atoms with Crippen molar-refractivity contribution < 1.29 is 24.2 Å². The Labute approximate surface area is 158 Å². The van der Waals surface area contributed by atoms with E-state index in [-0.39, 0.29) is 30.8 Å². The number of nitrogens with zero attached hydrogens (tertiary/aromatic N) is 3. The van der Waals surface area contributed by atoms with E-state index >= 15 is 0 Å². The molecule has 1 saturated heterocycles. The van der Waals surface area contributed by atoms with Crippen LogP contribution in [0.1, 0.15) is 24.2 Å². The number of fused-ring (bicyclic) bond motifs is 1. The van der Waals surface area contributed by atoms with Crippen molar-refractivity contribution in [1.29, 1.82) is 0 Å².